The zero-order valence-electron chi connectivity index (χ0n) is 14.9. The van der Waals surface area contributed by atoms with Gasteiger partial charge >= 0.3 is 6.03 Å². The lowest BCUT2D eigenvalue weighted by Gasteiger charge is -2.21. The number of rotatable bonds is 2. The van der Waals surface area contributed by atoms with E-state index >= 15 is 0 Å². The van der Waals surface area contributed by atoms with Crippen molar-refractivity contribution in [3.8, 4) is 11.5 Å². The van der Waals surface area contributed by atoms with Crippen molar-refractivity contribution in [2.75, 3.05) is 0 Å². The number of carbonyl (C=O) groups excluding carboxylic acids is 1. The molecule has 27 heavy (non-hydrogen) atoms. The highest BCUT2D eigenvalue weighted by molar-refractivity contribution is 6.14. The molecule has 0 aromatic heterocycles. The van der Waals surface area contributed by atoms with E-state index in [1.807, 2.05) is 0 Å². The molecule has 0 heterocycles. The second-order valence-electron chi connectivity index (χ2n) is 6.93. The Morgan fingerprint density at radius 3 is 2.30 bits per heavy atom. The number of nitrogens with one attached hydrogen (secondary N) is 1. The van der Waals surface area contributed by atoms with Crippen molar-refractivity contribution >= 4 is 33.3 Å². The molecular formula is C21H21N3O3. The molecule has 0 saturated heterocycles. The molecule has 0 atom stereocenters. The second kappa shape index (κ2) is 7.23. The minimum absolute atomic E-state index is 0.0145. The number of phenolic OH excluding ortho intramolecular Hbond substituents is 2. The fourth-order valence-corrected chi connectivity index (χ4v) is 3.80. The Morgan fingerprint density at radius 1 is 0.889 bits per heavy atom. The van der Waals surface area contributed by atoms with Gasteiger partial charge in [0.25, 0.3) is 0 Å². The Hall–Kier alpha value is -3.15. The quantitative estimate of drug-likeness (QED) is 0.317. The molecule has 3 N–H and O–H groups in total. The largest absolute Gasteiger partial charge is 0.507 e. The fourth-order valence-electron chi connectivity index (χ4n) is 3.80. The molecule has 1 fully saturated rings. The summed E-state index contributed by atoms with van der Waals surface area (Å²) < 4.78 is 0. The van der Waals surface area contributed by atoms with Crippen molar-refractivity contribution < 1.29 is 15.0 Å². The summed E-state index contributed by atoms with van der Waals surface area (Å²) in [7, 11) is 0. The number of hydrogen-bond donors (Lipinski definition) is 3. The zero-order chi connectivity index (χ0) is 18.8. The number of benzene rings is 3. The van der Waals surface area contributed by atoms with E-state index in [-0.39, 0.29) is 17.5 Å². The fraction of sp³-hybridized carbons (Fsp3) is 0.286. The van der Waals surface area contributed by atoms with E-state index in [4.69, 9.17) is 0 Å². The molecule has 6 nitrogen and oxygen atoms in total. The van der Waals surface area contributed by atoms with Gasteiger partial charge in [-0.3, -0.25) is 0 Å². The van der Waals surface area contributed by atoms with Gasteiger partial charge in [-0.2, -0.15) is 0 Å². The summed E-state index contributed by atoms with van der Waals surface area (Å²) in [6.45, 7) is 0. The summed E-state index contributed by atoms with van der Waals surface area (Å²) in [5, 5.41) is 34.0. The first kappa shape index (κ1) is 17.3. The molecule has 138 valence electrons. The summed E-state index contributed by atoms with van der Waals surface area (Å²) in [6, 6.07) is 11.8. The highest BCUT2D eigenvalue weighted by Crippen LogP contribution is 2.45. The topological polar surface area (TPSA) is 94.3 Å². The molecule has 4 rings (SSSR count). The van der Waals surface area contributed by atoms with E-state index < -0.39 is 6.03 Å². The molecule has 1 saturated carbocycles. The Balaban J connectivity index is 1.70. The van der Waals surface area contributed by atoms with Gasteiger partial charge in [-0.15, -0.1) is 5.11 Å². The maximum Gasteiger partial charge on any atom is 0.359 e. The maximum absolute atomic E-state index is 12.1. The van der Waals surface area contributed by atoms with Gasteiger partial charge in [-0.25, -0.2) is 4.79 Å². The van der Waals surface area contributed by atoms with Gasteiger partial charge in [-0.1, -0.05) is 60.8 Å². The average molecular weight is 363 g/mol. The van der Waals surface area contributed by atoms with E-state index in [1.165, 1.54) is 6.42 Å². The van der Waals surface area contributed by atoms with Crippen molar-refractivity contribution in [2.45, 2.75) is 38.1 Å². The molecule has 0 radical (unpaired) electrons. The number of amides is 2. The lowest BCUT2D eigenvalue weighted by atomic mass is 9.96. The molecule has 6 heteroatoms. The Labute approximate surface area is 156 Å². The van der Waals surface area contributed by atoms with E-state index in [1.54, 1.807) is 42.5 Å². The van der Waals surface area contributed by atoms with Gasteiger partial charge in [0.05, 0.1) is 11.1 Å². The molecule has 1 aliphatic rings. The first-order chi connectivity index (χ1) is 13.1. The monoisotopic (exact) mass is 363 g/mol. The number of urea groups is 1. The van der Waals surface area contributed by atoms with Gasteiger partial charge in [0.15, 0.2) is 0 Å². The van der Waals surface area contributed by atoms with Crippen LogP contribution in [0.4, 0.5) is 10.5 Å². The first-order valence-electron chi connectivity index (χ1n) is 9.23. The van der Waals surface area contributed by atoms with Gasteiger partial charge in [0, 0.05) is 22.2 Å². The number of hydrogen-bond acceptors (Lipinski definition) is 4. The minimum atomic E-state index is -0.483. The molecule has 1 aliphatic carbocycles. The van der Waals surface area contributed by atoms with E-state index in [9.17, 15) is 15.0 Å². The summed E-state index contributed by atoms with van der Waals surface area (Å²) >= 11 is 0. The summed E-state index contributed by atoms with van der Waals surface area (Å²) in [5.74, 6) is 0.0859. The van der Waals surface area contributed by atoms with Crippen LogP contribution in [-0.4, -0.2) is 22.3 Å². The smallest absolute Gasteiger partial charge is 0.359 e. The van der Waals surface area contributed by atoms with Crippen LogP contribution in [0.5, 0.6) is 11.5 Å². The van der Waals surface area contributed by atoms with Crippen molar-refractivity contribution in [1.29, 1.82) is 0 Å². The third kappa shape index (κ3) is 3.30. The summed E-state index contributed by atoms with van der Waals surface area (Å²) in [6.07, 6.45) is 5.38. The van der Waals surface area contributed by atoms with Crippen LogP contribution in [0.25, 0.3) is 21.5 Å². The predicted octanol–water partition coefficient (Wildman–Crippen LogP) is 5.53. The molecule has 3 aromatic carbocycles. The average Bonchev–Trinajstić information content (AvgIpc) is 2.71. The van der Waals surface area contributed by atoms with Crippen LogP contribution in [0.3, 0.4) is 0 Å². The van der Waals surface area contributed by atoms with E-state index in [0.717, 1.165) is 25.7 Å². The number of azo groups is 1. The van der Waals surface area contributed by atoms with Crippen molar-refractivity contribution in [1.82, 2.24) is 5.32 Å². The molecule has 0 spiro atoms. The van der Waals surface area contributed by atoms with Crippen molar-refractivity contribution in [2.24, 2.45) is 10.2 Å². The maximum atomic E-state index is 12.1. The molecular weight excluding hydrogens is 342 g/mol. The van der Waals surface area contributed by atoms with E-state index in [2.05, 4.69) is 15.5 Å². The van der Waals surface area contributed by atoms with Crippen LogP contribution in [0.1, 0.15) is 32.1 Å². The predicted molar refractivity (Wildman–Crippen MR) is 105 cm³/mol. The molecule has 0 aliphatic heterocycles. The van der Waals surface area contributed by atoms with Crippen LogP contribution in [0, 0.1) is 0 Å². The van der Waals surface area contributed by atoms with Gasteiger partial charge in [0.2, 0.25) is 0 Å². The Morgan fingerprint density at radius 2 is 1.56 bits per heavy atom. The number of fused-ring (bicyclic) bond motifs is 2. The van der Waals surface area contributed by atoms with Gasteiger partial charge < -0.3 is 15.5 Å². The highest BCUT2D eigenvalue weighted by atomic mass is 16.3. The van der Waals surface area contributed by atoms with Crippen LogP contribution < -0.4 is 5.32 Å². The standard InChI is InChI=1S/C21H21N3O3/c25-19-14-9-4-5-10-15(14)20(26)18-16(19)11-6-12-17(18)23-24-21(27)22-13-7-2-1-3-8-13/h4-6,9-13,25-26H,1-3,7-8H2,(H,22,27). The van der Waals surface area contributed by atoms with Crippen molar-refractivity contribution in [3.63, 3.8) is 0 Å². The minimum Gasteiger partial charge on any atom is -0.507 e. The molecule has 0 unspecified atom stereocenters. The van der Waals surface area contributed by atoms with Gasteiger partial charge in [0.1, 0.15) is 11.5 Å². The number of phenols is 2. The van der Waals surface area contributed by atoms with Crippen LogP contribution in [-0.2, 0) is 0 Å². The SMILES string of the molecule is O=C(N=Nc1cccc2c(O)c3ccccc3c(O)c12)NC1CCCCC1. The first-order valence-corrected chi connectivity index (χ1v) is 9.23. The zero-order valence-corrected chi connectivity index (χ0v) is 14.9. The molecule has 3 aromatic rings. The Bertz CT molecular complexity index is 1040. The normalized spacial score (nSPS) is 15.6. The highest BCUT2D eigenvalue weighted by Gasteiger charge is 2.17. The Kier molecular flexibility index (Phi) is 4.62. The number of aromatic hydroxyl groups is 2. The number of nitrogens with zero attached hydrogens (tertiary/aromatic N) is 2. The number of carbonyl (C=O) groups is 1. The van der Waals surface area contributed by atoms with Crippen molar-refractivity contribution in [3.05, 3.63) is 42.5 Å². The molecule has 0 bridgehead atoms. The third-order valence-corrected chi connectivity index (χ3v) is 5.15. The van der Waals surface area contributed by atoms with Crippen LogP contribution >= 0.6 is 0 Å². The third-order valence-electron chi connectivity index (χ3n) is 5.15. The van der Waals surface area contributed by atoms with Crippen LogP contribution in [0.2, 0.25) is 0 Å². The van der Waals surface area contributed by atoms with Crippen LogP contribution in [0.15, 0.2) is 52.7 Å². The summed E-state index contributed by atoms with van der Waals surface area (Å²) in [5.41, 5.74) is 0.338. The lowest BCUT2D eigenvalue weighted by molar-refractivity contribution is 0.240. The lowest BCUT2D eigenvalue weighted by Crippen LogP contribution is -2.34. The second-order valence-corrected chi connectivity index (χ2v) is 6.93. The van der Waals surface area contributed by atoms with Gasteiger partial charge in [-0.05, 0) is 18.9 Å². The molecule has 2 amide bonds. The van der Waals surface area contributed by atoms with E-state index in [0.29, 0.717) is 27.2 Å². The summed E-state index contributed by atoms with van der Waals surface area (Å²) in [4.78, 5) is 12.1.